The van der Waals surface area contributed by atoms with E-state index in [-0.39, 0.29) is 11.7 Å². The molecule has 76 valence electrons. The quantitative estimate of drug-likeness (QED) is 0.750. The maximum Gasteiger partial charge on any atom is 0.157 e. The van der Waals surface area contributed by atoms with Gasteiger partial charge in [-0.15, -0.1) is 0 Å². The molecule has 1 aliphatic carbocycles. The molecule has 3 unspecified atom stereocenters. The zero-order chi connectivity index (χ0) is 10.8. The SMILES string of the molecule is CC1CC1C(=O)C(C#N)c1ccccc1. The Kier molecular flexibility index (Phi) is 2.55. The van der Waals surface area contributed by atoms with Crippen LogP contribution in [0.4, 0.5) is 0 Å². The summed E-state index contributed by atoms with van der Waals surface area (Å²) < 4.78 is 0. The van der Waals surface area contributed by atoms with Gasteiger partial charge < -0.3 is 0 Å². The molecule has 0 N–H and O–H groups in total. The van der Waals surface area contributed by atoms with E-state index >= 15 is 0 Å². The van der Waals surface area contributed by atoms with Crippen molar-refractivity contribution in [1.29, 1.82) is 5.26 Å². The van der Waals surface area contributed by atoms with Gasteiger partial charge in [0.1, 0.15) is 5.92 Å². The van der Waals surface area contributed by atoms with Gasteiger partial charge in [-0.1, -0.05) is 37.3 Å². The van der Waals surface area contributed by atoms with Crippen LogP contribution in [-0.4, -0.2) is 5.78 Å². The van der Waals surface area contributed by atoms with Crippen molar-refractivity contribution in [2.24, 2.45) is 11.8 Å². The van der Waals surface area contributed by atoms with Crippen molar-refractivity contribution in [3.05, 3.63) is 35.9 Å². The number of benzene rings is 1. The molecule has 0 aromatic heterocycles. The van der Waals surface area contributed by atoms with Crippen LogP contribution in [-0.2, 0) is 4.79 Å². The number of carbonyl (C=O) groups is 1. The summed E-state index contributed by atoms with van der Waals surface area (Å²) in [7, 11) is 0. The molecule has 0 amide bonds. The average molecular weight is 199 g/mol. The Labute approximate surface area is 89.5 Å². The first kappa shape index (κ1) is 9.92. The van der Waals surface area contributed by atoms with Gasteiger partial charge in [0.15, 0.2) is 5.78 Å². The van der Waals surface area contributed by atoms with Crippen molar-refractivity contribution in [3.63, 3.8) is 0 Å². The predicted octanol–water partition coefficient (Wildman–Crippen LogP) is 2.52. The molecule has 0 radical (unpaired) electrons. The molecule has 2 nitrogen and oxygen atoms in total. The molecule has 0 aliphatic heterocycles. The lowest BCUT2D eigenvalue weighted by molar-refractivity contribution is -0.120. The fourth-order valence-corrected chi connectivity index (χ4v) is 1.88. The molecular weight excluding hydrogens is 186 g/mol. The second kappa shape index (κ2) is 3.86. The highest BCUT2D eigenvalue weighted by Gasteiger charge is 2.42. The van der Waals surface area contributed by atoms with E-state index in [1.54, 1.807) is 0 Å². The van der Waals surface area contributed by atoms with Crippen LogP contribution in [0.2, 0.25) is 0 Å². The van der Waals surface area contributed by atoms with Crippen molar-refractivity contribution >= 4 is 5.78 Å². The lowest BCUT2D eigenvalue weighted by Crippen LogP contribution is -2.13. The van der Waals surface area contributed by atoms with E-state index in [2.05, 4.69) is 13.0 Å². The van der Waals surface area contributed by atoms with E-state index in [4.69, 9.17) is 5.26 Å². The van der Waals surface area contributed by atoms with Crippen LogP contribution >= 0.6 is 0 Å². The zero-order valence-corrected chi connectivity index (χ0v) is 8.68. The largest absolute Gasteiger partial charge is 0.298 e. The molecular formula is C13H13NO. The third kappa shape index (κ3) is 1.92. The summed E-state index contributed by atoms with van der Waals surface area (Å²) in [5, 5.41) is 9.04. The van der Waals surface area contributed by atoms with E-state index in [9.17, 15) is 4.79 Å². The third-order valence-corrected chi connectivity index (χ3v) is 3.02. The van der Waals surface area contributed by atoms with E-state index < -0.39 is 5.92 Å². The lowest BCUT2D eigenvalue weighted by Gasteiger charge is -2.07. The van der Waals surface area contributed by atoms with Gasteiger partial charge >= 0.3 is 0 Å². The number of hydrogen-bond acceptors (Lipinski definition) is 2. The molecule has 15 heavy (non-hydrogen) atoms. The molecule has 0 bridgehead atoms. The van der Waals surface area contributed by atoms with Gasteiger partial charge in [0.25, 0.3) is 0 Å². The second-order valence-corrected chi connectivity index (χ2v) is 4.19. The Morgan fingerprint density at radius 2 is 2.07 bits per heavy atom. The molecule has 1 aliphatic rings. The maximum absolute atomic E-state index is 11.9. The Balaban J connectivity index is 2.19. The fourth-order valence-electron chi connectivity index (χ4n) is 1.88. The summed E-state index contributed by atoms with van der Waals surface area (Å²) in [5.41, 5.74) is 0.823. The molecule has 0 saturated heterocycles. The lowest BCUT2D eigenvalue weighted by atomic mass is 9.93. The molecule has 1 aromatic carbocycles. The van der Waals surface area contributed by atoms with Crippen molar-refractivity contribution in [3.8, 4) is 6.07 Å². The minimum absolute atomic E-state index is 0.0937. The summed E-state index contributed by atoms with van der Waals surface area (Å²) in [5.74, 6) is 0.115. The van der Waals surface area contributed by atoms with E-state index in [0.717, 1.165) is 12.0 Å². The molecule has 3 atom stereocenters. The van der Waals surface area contributed by atoms with E-state index in [1.807, 2.05) is 30.3 Å². The summed E-state index contributed by atoms with van der Waals surface area (Å²) in [4.78, 5) is 11.9. The maximum atomic E-state index is 11.9. The Hall–Kier alpha value is -1.62. The highest BCUT2D eigenvalue weighted by molar-refractivity contribution is 5.92. The summed E-state index contributed by atoms with van der Waals surface area (Å²) in [6.07, 6.45) is 0.948. The number of hydrogen-bond donors (Lipinski definition) is 0. The Bertz CT molecular complexity index is 404. The van der Waals surface area contributed by atoms with Gasteiger partial charge in [0.05, 0.1) is 6.07 Å². The van der Waals surface area contributed by atoms with Crippen LogP contribution in [0.1, 0.15) is 24.8 Å². The number of nitrogens with zero attached hydrogens (tertiary/aromatic N) is 1. The van der Waals surface area contributed by atoms with Gasteiger partial charge in [0.2, 0.25) is 0 Å². The number of carbonyl (C=O) groups excluding carboxylic acids is 1. The van der Waals surface area contributed by atoms with Crippen LogP contribution in [0.25, 0.3) is 0 Å². The normalized spacial score (nSPS) is 25.3. The Morgan fingerprint density at radius 3 is 2.53 bits per heavy atom. The number of rotatable bonds is 3. The Morgan fingerprint density at radius 1 is 1.47 bits per heavy atom. The molecule has 0 heterocycles. The van der Waals surface area contributed by atoms with Gasteiger partial charge in [-0.2, -0.15) is 5.26 Å². The average Bonchev–Trinajstić information content (AvgIpc) is 2.98. The van der Waals surface area contributed by atoms with Crippen LogP contribution in [0.15, 0.2) is 30.3 Å². The first-order chi connectivity index (χ1) is 7.24. The highest BCUT2D eigenvalue weighted by Crippen LogP contribution is 2.41. The van der Waals surface area contributed by atoms with Crippen molar-refractivity contribution in [2.45, 2.75) is 19.3 Å². The van der Waals surface area contributed by atoms with Gasteiger partial charge in [-0.3, -0.25) is 4.79 Å². The van der Waals surface area contributed by atoms with Crippen LogP contribution in [0.5, 0.6) is 0 Å². The number of ketones is 1. The molecule has 2 rings (SSSR count). The van der Waals surface area contributed by atoms with E-state index in [0.29, 0.717) is 5.92 Å². The third-order valence-electron chi connectivity index (χ3n) is 3.02. The van der Waals surface area contributed by atoms with Gasteiger partial charge in [-0.25, -0.2) is 0 Å². The topological polar surface area (TPSA) is 40.9 Å². The molecule has 2 heteroatoms. The summed E-state index contributed by atoms with van der Waals surface area (Å²) >= 11 is 0. The molecule has 0 spiro atoms. The highest BCUT2D eigenvalue weighted by atomic mass is 16.1. The number of Topliss-reactive ketones (excluding diaryl/α,β-unsaturated/α-hetero) is 1. The summed E-state index contributed by atoms with van der Waals surface area (Å²) in [6, 6.07) is 11.4. The van der Waals surface area contributed by atoms with Crippen LogP contribution < -0.4 is 0 Å². The van der Waals surface area contributed by atoms with Crippen LogP contribution in [0, 0.1) is 23.2 Å². The van der Waals surface area contributed by atoms with Crippen LogP contribution in [0.3, 0.4) is 0 Å². The minimum atomic E-state index is -0.568. The van der Waals surface area contributed by atoms with Crippen molar-refractivity contribution in [2.75, 3.05) is 0 Å². The van der Waals surface area contributed by atoms with Crippen molar-refractivity contribution in [1.82, 2.24) is 0 Å². The standard InChI is InChI=1S/C13H13NO/c1-9-7-11(9)13(15)12(8-14)10-5-3-2-4-6-10/h2-6,9,11-12H,7H2,1H3. The fraction of sp³-hybridized carbons (Fsp3) is 0.385. The first-order valence-electron chi connectivity index (χ1n) is 5.22. The number of nitriles is 1. The zero-order valence-electron chi connectivity index (χ0n) is 8.68. The monoisotopic (exact) mass is 199 g/mol. The summed E-state index contributed by atoms with van der Waals surface area (Å²) in [6.45, 7) is 2.06. The second-order valence-electron chi connectivity index (χ2n) is 4.19. The van der Waals surface area contributed by atoms with E-state index in [1.165, 1.54) is 0 Å². The predicted molar refractivity (Wildman–Crippen MR) is 57.1 cm³/mol. The smallest absolute Gasteiger partial charge is 0.157 e. The minimum Gasteiger partial charge on any atom is -0.298 e. The van der Waals surface area contributed by atoms with Crippen molar-refractivity contribution < 1.29 is 4.79 Å². The van der Waals surface area contributed by atoms with Gasteiger partial charge in [0, 0.05) is 5.92 Å². The molecule has 1 aromatic rings. The molecule has 1 fully saturated rings. The first-order valence-corrected chi connectivity index (χ1v) is 5.22. The van der Waals surface area contributed by atoms with Gasteiger partial charge in [-0.05, 0) is 17.9 Å². The molecule has 1 saturated carbocycles.